The molecule has 1 atom stereocenters. The predicted octanol–water partition coefficient (Wildman–Crippen LogP) is 3.79. The minimum absolute atomic E-state index is 0.0561. The maximum Gasteiger partial charge on any atom is 0.217 e. The fourth-order valence-corrected chi connectivity index (χ4v) is 3.23. The normalized spacial score (nSPS) is 16.4. The van der Waals surface area contributed by atoms with E-state index in [1.807, 2.05) is 37.3 Å². The van der Waals surface area contributed by atoms with Crippen molar-refractivity contribution in [1.29, 1.82) is 5.26 Å². The highest BCUT2D eigenvalue weighted by atomic mass is 16.5. The first-order chi connectivity index (χ1) is 13.7. The Hall–Kier alpha value is -2.78. The van der Waals surface area contributed by atoms with Crippen LogP contribution in [0.25, 0.3) is 0 Å². The summed E-state index contributed by atoms with van der Waals surface area (Å²) in [6.45, 7) is 3.74. The molecule has 1 N–H and O–H groups in total. The van der Waals surface area contributed by atoms with Gasteiger partial charge in [0.2, 0.25) is 5.88 Å². The van der Waals surface area contributed by atoms with E-state index in [0.29, 0.717) is 37.6 Å². The Labute approximate surface area is 165 Å². The van der Waals surface area contributed by atoms with Crippen molar-refractivity contribution < 1.29 is 19.3 Å². The molecule has 0 aliphatic carbocycles. The molecule has 0 saturated carbocycles. The van der Waals surface area contributed by atoms with E-state index in [1.54, 1.807) is 0 Å². The molecule has 28 heavy (non-hydrogen) atoms. The van der Waals surface area contributed by atoms with Gasteiger partial charge in [0.25, 0.3) is 0 Å². The predicted molar refractivity (Wildman–Crippen MR) is 105 cm³/mol. The summed E-state index contributed by atoms with van der Waals surface area (Å²) in [4.78, 5) is 4.47. The second-order valence-electron chi connectivity index (χ2n) is 6.79. The van der Waals surface area contributed by atoms with Crippen LogP contribution >= 0.6 is 0 Å². The average molecular weight is 382 g/mol. The lowest BCUT2D eigenvalue weighted by atomic mass is 10.0. The molecule has 6 heteroatoms. The summed E-state index contributed by atoms with van der Waals surface area (Å²) < 4.78 is 16.9. The van der Waals surface area contributed by atoms with E-state index in [-0.39, 0.29) is 17.4 Å². The van der Waals surface area contributed by atoms with E-state index in [1.165, 1.54) is 6.07 Å². The Morgan fingerprint density at radius 1 is 1.21 bits per heavy atom. The first-order valence-corrected chi connectivity index (χ1v) is 9.78. The second kappa shape index (κ2) is 9.95. The molecular formula is C22H26N2O4. The smallest absolute Gasteiger partial charge is 0.217 e. The number of nitriles is 1. The molecule has 148 valence electrons. The van der Waals surface area contributed by atoms with Gasteiger partial charge in [-0.15, -0.1) is 0 Å². The molecule has 0 amide bonds. The van der Waals surface area contributed by atoms with E-state index in [4.69, 9.17) is 14.2 Å². The van der Waals surface area contributed by atoms with Gasteiger partial charge in [0.1, 0.15) is 29.7 Å². The molecule has 1 aliphatic rings. The van der Waals surface area contributed by atoms with E-state index < -0.39 is 0 Å². The van der Waals surface area contributed by atoms with Crippen LogP contribution < -0.4 is 9.47 Å². The lowest BCUT2D eigenvalue weighted by Crippen LogP contribution is -2.26. The minimum Gasteiger partial charge on any atom is -0.506 e. The molecule has 1 aromatic heterocycles. The Kier molecular flexibility index (Phi) is 7.10. The Morgan fingerprint density at radius 3 is 2.71 bits per heavy atom. The van der Waals surface area contributed by atoms with Gasteiger partial charge >= 0.3 is 0 Å². The van der Waals surface area contributed by atoms with Gasteiger partial charge in [-0.2, -0.15) is 5.26 Å². The lowest BCUT2D eigenvalue weighted by Gasteiger charge is -2.22. The maximum atomic E-state index is 10.2. The summed E-state index contributed by atoms with van der Waals surface area (Å²) in [5.41, 5.74) is 1.85. The number of aryl methyl sites for hydroxylation is 2. The molecule has 6 nitrogen and oxygen atoms in total. The zero-order valence-electron chi connectivity index (χ0n) is 16.2. The number of aromatic nitrogens is 1. The minimum atomic E-state index is -0.0984. The maximum absolute atomic E-state index is 10.2. The van der Waals surface area contributed by atoms with Gasteiger partial charge < -0.3 is 19.3 Å². The summed E-state index contributed by atoms with van der Waals surface area (Å²) in [6, 6.07) is 11.3. The van der Waals surface area contributed by atoms with Crippen molar-refractivity contribution in [3.8, 4) is 23.4 Å². The molecule has 0 bridgehead atoms. The van der Waals surface area contributed by atoms with Crippen LogP contribution in [0.4, 0.5) is 0 Å². The van der Waals surface area contributed by atoms with Crippen LogP contribution in [0.1, 0.15) is 43.0 Å². The van der Waals surface area contributed by atoms with Crippen molar-refractivity contribution in [2.75, 3.05) is 19.8 Å². The summed E-state index contributed by atoms with van der Waals surface area (Å²) in [5.74, 6) is 1.06. The van der Waals surface area contributed by atoms with E-state index in [9.17, 15) is 10.4 Å². The Balaban J connectivity index is 1.66. The molecule has 2 heterocycles. The zero-order chi connectivity index (χ0) is 19.8. The Bertz CT molecular complexity index is 809. The van der Waals surface area contributed by atoms with Crippen LogP contribution in [-0.2, 0) is 17.6 Å². The largest absolute Gasteiger partial charge is 0.506 e. The summed E-state index contributed by atoms with van der Waals surface area (Å²) in [7, 11) is 0. The van der Waals surface area contributed by atoms with E-state index >= 15 is 0 Å². The first kappa shape index (κ1) is 20.0. The van der Waals surface area contributed by atoms with Crippen LogP contribution in [0, 0.1) is 11.3 Å². The third-order valence-corrected chi connectivity index (χ3v) is 4.74. The average Bonchev–Trinajstić information content (AvgIpc) is 2.72. The standard InChI is InChI=1S/C22H26N2O4/c1-2-26-17-9-6-16(7-10-17)8-11-20-19(14-23)21(25)13-22(24-20)28-15-18-5-3-4-12-27-18/h6-7,9-10,13,18H,2-5,8,11-12,15H2,1H3,(H,24,25). The number of benzene rings is 1. The first-order valence-electron chi connectivity index (χ1n) is 9.78. The van der Waals surface area contributed by atoms with Crippen molar-refractivity contribution in [2.24, 2.45) is 0 Å². The number of nitrogens with zero attached hydrogens (tertiary/aromatic N) is 2. The summed E-state index contributed by atoms with van der Waals surface area (Å²) in [5, 5.41) is 19.6. The van der Waals surface area contributed by atoms with Crippen LogP contribution in [-0.4, -0.2) is 36.0 Å². The number of hydrogen-bond donors (Lipinski definition) is 1. The summed E-state index contributed by atoms with van der Waals surface area (Å²) in [6.07, 6.45) is 4.47. The van der Waals surface area contributed by atoms with Crippen molar-refractivity contribution >= 4 is 0 Å². The second-order valence-corrected chi connectivity index (χ2v) is 6.79. The Morgan fingerprint density at radius 2 is 2.04 bits per heavy atom. The number of hydrogen-bond acceptors (Lipinski definition) is 6. The molecule has 2 aromatic rings. The van der Waals surface area contributed by atoms with Crippen molar-refractivity contribution in [3.05, 3.63) is 47.2 Å². The highest BCUT2D eigenvalue weighted by Gasteiger charge is 2.17. The van der Waals surface area contributed by atoms with Gasteiger partial charge in [0.15, 0.2) is 0 Å². The van der Waals surface area contributed by atoms with Gasteiger partial charge in [-0.3, -0.25) is 0 Å². The van der Waals surface area contributed by atoms with Crippen molar-refractivity contribution in [2.45, 2.75) is 45.1 Å². The van der Waals surface area contributed by atoms with Crippen LogP contribution in [0.15, 0.2) is 30.3 Å². The molecule has 1 aliphatic heterocycles. The fraction of sp³-hybridized carbons (Fsp3) is 0.455. The molecule has 0 spiro atoms. The zero-order valence-corrected chi connectivity index (χ0v) is 16.2. The number of aromatic hydroxyl groups is 1. The van der Waals surface area contributed by atoms with Gasteiger partial charge in [0.05, 0.1) is 18.4 Å². The molecule has 0 radical (unpaired) electrons. The van der Waals surface area contributed by atoms with E-state index in [0.717, 1.165) is 37.2 Å². The molecule has 3 rings (SSSR count). The van der Waals surface area contributed by atoms with E-state index in [2.05, 4.69) is 4.98 Å². The molecule has 1 aromatic carbocycles. The van der Waals surface area contributed by atoms with Crippen LogP contribution in [0.3, 0.4) is 0 Å². The SMILES string of the molecule is CCOc1ccc(CCc2nc(OCC3CCCCO3)cc(O)c2C#N)cc1. The molecule has 1 saturated heterocycles. The topological polar surface area (TPSA) is 84.6 Å². The monoisotopic (exact) mass is 382 g/mol. The summed E-state index contributed by atoms with van der Waals surface area (Å²) >= 11 is 0. The fourth-order valence-electron chi connectivity index (χ4n) is 3.23. The number of ether oxygens (including phenoxy) is 3. The van der Waals surface area contributed by atoms with Gasteiger partial charge in [-0.1, -0.05) is 12.1 Å². The number of pyridine rings is 1. The van der Waals surface area contributed by atoms with Gasteiger partial charge in [-0.25, -0.2) is 4.98 Å². The lowest BCUT2D eigenvalue weighted by molar-refractivity contribution is -0.0120. The van der Waals surface area contributed by atoms with Crippen molar-refractivity contribution in [1.82, 2.24) is 4.98 Å². The molecule has 1 fully saturated rings. The van der Waals surface area contributed by atoms with Crippen LogP contribution in [0.2, 0.25) is 0 Å². The van der Waals surface area contributed by atoms with Gasteiger partial charge in [-0.05, 0) is 56.7 Å². The molecule has 1 unspecified atom stereocenters. The molecular weight excluding hydrogens is 356 g/mol. The van der Waals surface area contributed by atoms with Crippen molar-refractivity contribution in [3.63, 3.8) is 0 Å². The van der Waals surface area contributed by atoms with Gasteiger partial charge in [0, 0.05) is 12.7 Å². The highest BCUT2D eigenvalue weighted by molar-refractivity contribution is 5.48. The third-order valence-electron chi connectivity index (χ3n) is 4.74. The van der Waals surface area contributed by atoms with Crippen LogP contribution in [0.5, 0.6) is 17.4 Å². The third kappa shape index (κ3) is 5.37. The number of rotatable bonds is 8. The quantitative estimate of drug-likeness (QED) is 0.748. The highest BCUT2D eigenvalue weighted by Crippen LogP contribution is 2.26.